The van der Waals surface area contributed by atoms with Crippen molar-refractivity contribution in [3.8, 4) is 11.3 Å². The summed E-state index contributed by atoms with van der Waals surface area (Å²) >= 11 is 0. The molecule has 0 unspecified atom stereocenters. The molecule has 0 spiro atoms. The van der Waals surface area contributed by atoms with Gasteiger partial charge >= 0.3 is 0 Å². The number of hydrogen-bond acceptors (Lipinski definition) is 3. The minimum Gasteiger partial charge on any atom is -0.361 e. The molecule has 1 aromatic heterocycles. The number of hydrogen-bond donors (Lipinski definition) is 1. The maximum absolute atomic E-state index is 5.46. The monoisotopic (exact) mass is 216 g/mol. The van der Waals surface area contributed by atoms with E-state index in [4.69, 9.17) is 10.3 Å². The second-order valence-corrected chi connectivity index (χ2v) is 4.02. The third-order valence-electron chi connectivity index (χ3n) is 2.75. The van der Waals surface area contributed by atoms with E-state index in [-0.39, 0.29) is 0 Å². The van der Waals surface area contributed by atoms with E-state index in [1.165, 1.54) is 11.1 Å². The Morgan fingerprint density at radius 1 is 1.19 bits per heavy atom. The van der Waals surface area contributed by atoms with Crippen LogP contribution in [0.5, 0.6) is 0 Å². The van der Waals surface area contributed by atoms with Gasteiger partial charge in [0.2, 0.25) is 0 Å². The van der Waals surface area contributed by atoms with Gasteiger partial charge in [-0.25, -0.2) is 0 Å². The van der Waals surface area contributed by atoms with E-state index in [0.29, 0.717) is 6.54 Å². The summed E-state index contributed by atoms with van der Waals surface area (Å²) in [4.78, 5) is 0. The van der Waals surface area contributed by atoms with Gasteiger partial charge in [-0.1, -0.05) is 17.3 Å². The van der Waals surface area contributed by atoms with Crippen molar-refractivity contribution in [2.45, 2.75) is 20.3 Å². The van der Waals surface area contributed by atoms with Crippen molar-refractivity contribution in [1.82, 2.24) is 5.16 Å². The Morgan fingerprint density at radius 3 is 2.69 bits per heavy atom. The summed E-state index contributed by atoms with van der Waals surface area (Å²) in [7, 11) is 0. The Bertz CT molecular complexity index is 488. The molecular formula is C13H16N2O. The number of rotatable bonds is 3. The topological polar surface area (TPSA) is 52.0 Å². The second kappa shape index (κ2) is 4.49. The van der Waals surface area contributed by atoms with Crippen LogP contribution < -0.4 is 5.73 Å². The van der Waals surface area contributed by atoms with Gasteiger partial charge in [0.1, 0.15) is 11.5 Å². The smallest absolute Gasteiger partial charge is 0.138 e. The Kier molecular flexibility index (Phi) is 3.06. The molecule has 0 aliphatic heterocycles. The Labute approximate surface area is 95.3 Å². The highest BCUT2D eigenvalue weighted by atomic mass is 16.5. The molecule has 0 fully saturated rings. The fourth-order valence-corrected chi connectivity index (χ4v) is 1.61. The van der Waals surface area contributed by atoms with Crippen molar-refractivity contribution in [2.75, 3.05) is 6.54 Å². The molecule has 2 aromatic rings. The number of aromatic nitrogens is 1. The molecule has 0 saturated heterocycles. The molecule has 1 heterocycles. The van der Waals surface area contributed by atoms with Gasteiger partial charge in [0.25, 0.3) is 0 Å². The Hall–Kier alpha value is -1.61. The van der Waals surface area contributed by atoms with Crippen molar-refractivity contribution < 1.29 is 4.52 Å². The van der Waals surface area contributed by atoms with Gasteiger partial charge in [0.15, 0.2) is 0 Å². The molecule has 2 rings (SSSR count). The third kappa shape index (κ3) is 2.14. The zero-order valence-corrected chi connectivity index (χ0v) is 9.66. The van der Waals surface area contributed by atoms with Crippen LogP contribution in [-0.4, -0.2) is 11.7 Å². The zero-order chi connectivity index (χ0) is 11.5. The lowest BCUT2D eigenvalue weighted by Crippen LogP contribution is -2.01. The summed E-state index contributed by atoms with van der Waals surface area (Å²) in [5, 5.41) is 4.05. The first-order chi connectivity index (χ1) is 7.70. The van der Waals surface area contributed by atoms with Crippen molar-refractivity contribution in [3.05, 3.63) is 41.2 Å². The summed E-state index contributed by atoms with van der Waals surface area (Å²) in [6.45, 7) is 4.78. The largest absolute Gasteiger partial charge is 0.361 e. The van der Waals surface area contributed by atoms with Crippen LogP contribution in [0.4, 0.5) is 0 Å². The lowest BCUT2D eigenvalue weighted by atomic mass is 10.0. The lowest BCUT2D eigenvalue weighted by molar-refractivity contribution is 0.386. The van der Waals surface area contributed by atoms with Crippen LogP contribution in [0.1, 0.15) is 16.9 Å². The van der Waals surface area contributed by atoms with E-state index in [1.807, 2.05) is 6.07 Å². The first-order valence-electron chi connectivity index (χ1n) is 5.44. The minimum absolute atomic E-state index is 0.585. The molecule has 84 valence electrons. The molecule has 0 saturated carbocycles. The molecule has 0 amide bonds. The van der Waals surface area contributed by atoms with Crippen LogP contribution in [0.15, 0.2) is 28.8 Å². The SMILES string of the molecule is Cc1ccc(-c2cc(CCN)on2)cc1C. The van der Waals surface area contributed by atoms with Crippen LogP contribution in [0.2, 0.25) is 0 Å². The predicted molar refractivity (Wildman–Crippen MR) is 64.2 cm³/mol. The lowest BCUT2D eigenvalue weighted by Gasteiger charge is -2.01. The van der Waals surface area contributed by atoms with Gasteiger partial charge < -0.3 is 10.3 Å². The van der Waals surface area contributed by atoms with Crippen molar-refractivity contribution in [2.24, 2.45) is 5.73 Å². The number of nitrogens with zero attached hydrogens (tertiary/aromatic N) is 1. The normalized spacial score (nSPS) is 10.7. The molecule has 16 heavy (non-hydrogen) atoms. The van der Waals surface area contributed by atoms with Crippen LogP contribution in [0, 0.1) is 13.8 Å². The average molecular weight is 216 g/mol. The van der Waals surface area contributed by atoms with Crippen LogP contribution in [0.25, 0.3) is 11.3 Å². The third-order valence-corrected chi connectivity index (χ3v) is 2.75. The van der Waals surface area contributed by atoms with E-state index < -0.39 is 0 Å². The first-order valence-corrected chi connectivity index (χ1v) is 5.44. The molecule has 0 bridgehead atoms. The molecule has 0 aliphatic rings. The van der Waals surface area contributed by atoms with Crippen molar-refractivity contribution in [3.63, 3.8) is 0 Å². The average Bonchev–Trinajstić information content (AvgIpc) is 2.71. The number of benzene rings is 1. The van der Waals surface area contributed by atoms with Gasteiger partial charge in [-0.05, 0) is 37.6 Å². The highest BCUT2D eigenvalue weighted by Crippen LogP contribution is 2.21. The van der Waals surface area contributed by atoms with Gasteiger partial charge in [-0.15, -0.1) is 0 Å². The van der Waals surface area contributed by atoms with Crippen molar-refractivity contribution >= 4 is 0 Å². The molecule has 0 aliphatic carbocycles. The minimum atomic E-state index is 0.585. The Balaban J connectivity index is 2.31. The zero-order valence-electron chi connectivity index (χ0n) is 9.66. The van der Waals surface area contributed by atoms with Gasteiger partial charge in [0.05, 0.1) is 0 Å². The first kappa shape index (κ1) is 10.9. The van der Waals surface area contributed by atoms with Gasteiger partial charge in [-0.3, -0.25) is 0 Å². The van der Waals surface area contributed by atoms with Crippen molar-refractivity contribution in [1.29, 1.82) is 0 Å². The molecular weight excluding hydrogens is 200 g/mol. The molecule has 3 heteroatoms. The number of aryl methyl sites for hydroxylation is 2. The molecule has 0 radical (unpaired) electrons. The van der Waals surface area contributed by atoms with Crippen LogP contribution >= 0.6 is 0 Å². The van der Waals surface area contributed by atoms with E-state index >= 15 is 0 Å². The van der Waals surface area contributed by atoms with E-state index in [9.17, 15) is 0 Å². The van der Waals surface area contributed by atoms with Crippen LogP contribution in [-0.2, 0) is 6.42 Å². The maximum Gasteiger partial charge on any atom is 0.138 e. The standard InChI is InChI=1S/C13H16N2O/c1-9-3-4-11(7-10(9)2)13-8-12(5-6-14)16-15-13/h3-4,7-8H,5-6,14H2,1-2H3. The summed E-state index contributed by atoms with van der Waals surface area (Å²) in [6, 6.07) is 8.24. The summed E-state index contributed by atoms with van der Waals surface area (Å²) in [6.07, 6.45) is 0.734. The second-order valence-electron chi connectivity index (χ2n) is 4.02. The van der Waals surface area contributed by atoms with Gasteiger partial charge in [0, 0.05) is 18.1 Å². The maximum atomic E-state index is 5.46. The molecule has 2 N–H and O–H groups in total. The quantitative estimate of drug-likeness (QED) is 0.857. The highest BCUT2D eigenvalue weighted by molar-refractivity contribution is 5.60. The predicted octanol–water partition coefficient (Wildman–Crippen LogP) is 2.46. The fraction of sp³-hybridized carbons (Fsp3) is 0.308. The summed E-state index contributed by atoms with van der Waals surface area (Å²) in [5.41, 5.74) is 9.99. The van der Waals surface area contributed by atoms with E-state index in [2.05, 4.69) is 37.2 Å². The summed E-state index contributed by atoms with van der Waals surface area (Å²) in [5.74, 6) is 0.843. The van der Waals surface area contributed by atoms with Crippen LogP contribution in [0.3, 0.4) is 0 Å². The summed E-state index contributed by atoms with van der Waals surface area (Å²) < 4.78 is 5.20. The highest BCUT2D eigenvalue weighted by Gasteiger charge is 2.06. The van der Waals surface area contributed by atoms with E-state index in [0.717, 1.165) is 23.4 Å². The molecule has 3 nitrogen and oxygen atoms in total. The number of nitrogens with two attached hydrogens (primary N) is 1. The molecule has 1 aromatic carbocycles. The fourth-order valence-electron chi connectivity index (χ4n) is 1.61. The Morgan fingerprint density at radius 2 is 2.00 bits per heavy atom. The molecule has 0 atom stereocenters. The van der Waals surface area contributed by atoms with E-state index in [1.54, 1.807) is 0 Å². The van der Waals surface area contributed by atoms with Gasteiger partial charge in [-0.2, -0.15) is 0 Å².